The summed E-state index contributed by atoms with van der Waals surface area (Å²) in [5.74, 6) is -0.0337. The van der Waals surface area contributed by atoms with E-state index in [1.54, 1.807) is 48.5 Å². The summed E-state index contributed by atoms with van der Waals surface area (Å²) in [4.78, 5) is 17.9. The minimum Gasteiger partial charge on any atom is -0.397 e. The number of thiazole rings is 1. The first kappa shape index (κ1) is 15.3. The Labute approximate surface area is 128 Å². The van der Waals surface area contributed by atoms with Crippen molar-refractivity contribution in [2.75, 3.05) is 31.7 Å². The number of nitrogen functional groups attached to an aromatic ring is 1. The number of aryl methyl sites for hydroxylation is 1. The van der Waals surface area contributed by atoms with Crippen molar-refractivity contribution >= 4 is 28.6 Å². The van der Waals surface area contributed by atoms with Gasteiger partial charge in [0, 0.05) is 43.7 Å². The van der Waals surface area contributed by atoms with Gasteiger partial charge in [-0.25, -0.2) is 4.98 Å². The third kappa shape index (κ3) is 3.95. The first-order chi connectivity index (χ1) is 9.97. The van der Waals surface area contributed by atoms with Gasteiger partial charge in [0.2, 0.25) is 0 Å². The lowest BCUT2D eigenvalue weighted by atomic mass is 10.1. The van der Waals surface area contributed by atoms with Gasteiger partial charge in [-0.15, -0.1) is 11.3 Å². The number of rotatable bonds is 5. The van der Waals surface area contributed by atoms with Crippen molar-refractivity contribution in [2.24, 2.45) is 0 Å². The normalized spacial score (nSPS) is 10.4. The average molecular weight is 304 g/mol. The highest BCUT2D eigenvalue weighted by atomic mass is 32.1. The zero-order valence-electron chi connectivity index (χ0n) is 12.5. The Morgan fingerprint density at radius 3 is 2.81 bits per heavy atom. The molecule has 1 amide bonds. The third-order valence-electron chi connectivity index (χ3n) is 3.03. The molecule has 0 unspecified atom stereocenters. The first-order valence-electron chi connectivity index (χ1n) is 6.73. The van der Waals surface area contributed by atoms with Gasteiger partial charge in [0.15, 0.2) is 0 Å². The lowest BCUT2D eigenvalue weighted by Gasteiger charge is -2.13. The van der Waals surface area contributed by atoms with Gasteiger partial charge >= 0.3 is 0 Å². The minimum atomic E-state index is -0.0337. The van der Waals surface area contributed by atoms with Gasteiger partial charge in [0.05, 0.1) is 16.4 Å². The molecule has 2 rings (SSSR count). The number of amides is 1. The molecule has 3 N–H and O–H groups in total. The molecule has 2 aromatic rings. The van der Waals surface area contributed by atoms with Crippen LogP contribution in [0.5, 0.6) is 0 Å². The van der Waals surface area contributed by atoms with Gasteiger partial charge in [0.25, 0.3) is 5.91 Å². The first-order valence-corrected chi connectivity index (χ1v) is 7.61. The molecule has 0 bridgehead atoms. The summed E-state index contributed by atoms with van der Waals surface area (Å²) < 4.78 is 0. The van der Waals surface area contributed by atoms with Crippen LogP contribution in [0, 0.1) is 6.92 Å². The maximum Gasteiger partial charge on any atom is 0.253 e. The van der Waals surface area contributed by atoms with Gasteiger partial charge < -0.3 is 16.0 Å². The zero-order chi connectivity index (χ0) is 15.4. The lowest BCUT2D eigenvalue weighted by Crippen LogP contribution is -2.22. The summed E-state index contributed by atoms with van der Waals surface area (Å²) >= 11 is 1.66. The van der Waals surface area contributed by atoms with Crippen LogP contribution >= 0.6 is 11.3 Å². The molecule has 0 aliphatic carbocycles. The van der Waals surface area contributed by atoms with Crippen LogP contribution < -0.4 is 11.1 Å². The number of carbonyl (C=O) groups is 1. The molecule has 1 heterocycles. The number of anilines is 2. The van der Waals surface area contributed by atoms with Crippen molar-refractivity contribution in [3.8, 4) is 0 Å². The minimum absolute atomic E-state index is 0.0337. The Bertz CT molecular complexity index is 636. The van der Waals surface area contributed by atoms with E-state index in [0.717, 1.165) is 29.4 Å². The van der Waals surface area contributed by atoms with Crippen molar-refractivity contribution in [3.63, 3.8) is 0 Å². The van der Waals surface area contributed by atoms with Gasteiger partial charge in [0.1, 0.15) is 0 Å². The fourth-order valence-electron chi connectivity index (χ4n) is 1.92. The van der Waals surface area contributed by atoms with Gasteiger partial charge in [-0.2, -0.15) is 0 Å². The van der Waals surface area contributed by atoms with Gasteiger partial charge in [-0.1, -0.05) is 0 Å². The van der Waals surface area contributed by atoms with Crippen LogP contribution in [0.3, 0.4) is 0 Å². The maximum absolute atomic E-state index is 12.0. The summed E-state index contributed by atoms with van der Waals surface area (Å²) in [5, 5.41) is 6.41. The van der Waals surface area contributed by atoms with E-state index in [9.17, 15) is 4.79 Å². The number of carbonyl (C=O) groups excluding carboxylic acids is 1. The largest absolute Gasteiger partial charge is 0.397 e. The molecule has 21 heavy (non-hydrogen) atoms. The smallest absolute Gasteiger partial charge is 0.253 e. The quantitative estimate of drug-likeness (QED) is 0.832. The van der Waals surface area contributed by atoms with Crippen molar-refractivity contribution in [3.05, 3.63) is 39.8 Å². The van der Waals surface area contributed by atoms with E-state index in [-0.39, 0.29) is 5.91 Å². The van der Waals surface area contributed by atoms with Crippen LogP contribution in [0.25, 0.3) is 0 Å². The van der Waals surface area contributed by atoms with Crippen molar-refractivity contribution in [2.45, 2.75) is 13.3 Å². The molecule has 6 heteroatoms. The summed E-state index contributed by atoms with van der Waals surface area (Å²) in [5.41, 5.74) is 9.05. The molecule has 1 aromatic heterocycles. The molecule has 0 radical (unpaired) electrons. The summed E-state index contributed by atoms with van der Waals surface area (Å²) in [6.07, 6.45) is 0.837. The van der Waals surface area contributed by atoms with Crippen molar-refractivity contribution in [1.29, 1.82) is 0 Å². The molecule has 1 aromatic carbocycles. The van der Waals surface area contributed by atoms with Crippen LogP contribution in [-0.2, 0) is 6.42 Å². The Morgan fingerprint density at radius 2 is 2.19 bits per heavy atom. The van der Waals surface area contributed by atoms with E-state index < -0.39 is 0 Å². The highest BCUT2D eigenvalue weighted by Crippen LogP contribution is 2.21. The van der Waals surface area contributed by atoms with Gasteiger partial charge in [-0.05, 0) is 25.1 Å². The van der Waals surface area contributed by atoms with E-state index in [2.05, 4.69) is 10.3 Å². The summed E-state index contributed by atoms with van der Waals surface area (Å²) in [6.45, 7) is 2.72. The number of benzene rings is 1. The van der Waals surface area contributed by atoms with E-state index in [1.165, 1.54) is 0 Å². The molecule has 0 saturated carbocycles. The van der Waals surface area contributed by atoms with E-state index in [0.29, 0.717) is 11.3 Å². The second kappa shape index (κ2) is 6.58. The molecular weight excluding hydrogens is 284 g/mol. The Hall–Kier alpha value is -2.08. The van der Waals surface area contributed by atoms with Crippen LogP contribution in [0.15, 0.2) is 23.6 Å². The SMILES string of the molecule is Cc1csc(CCNc2cc(C(=O)N(C)C)ccc2N)n1. The highest BCUT2D eigenvalue weighted by molar-refractivity contribution is 7.09. The second-order valence-electron chi connectivity index (χ2n) is 5.06. The third-order valence-corrected chi connectivity index (χ3v) is 4.05. The fourth-order valence-corrected chi connectivity index (χ4v) is 2.70. The standard InChI is InChI=1S/C15H20N4OS/c1-10-9-21-14(18-10)6-7-17-13-8-11(4-5-12(13)16)15(20)19(2)3/h4-5,8-9,17H,6-7,16H2,1-3H3. The molecule has 5 nitrogen and oxygen atoms in total. The maximum atomic E-state index is 12.0. The van der Waals surface area contributed by atoms with E-state index in [4.69, 9.17) is 5.73 Å². The zero-order valence-corrected chi connectivity index (χ0v) is 13.3. The number of hydrogen-bond donors (Lipinski definition) is 2. The Balaban J connectivity index is 2.02. The van der Waals surface area contributed by atoms with E-state index in [1.807, 2.05) is 12.3 Å². The summed E-state index contributed by atoms with van der Waals surface area (Å²) in [6, 6.07) is 5.30. The molecule has 0 aliphatic heterocycles. The highest BCUT2D eigenvalue weighted by Gasteiger charge is 2.10. The predicted octanol–water partition coefficient (Wildman–Crippen LogP) is 2.39. The number of hydrogen-bond acceptors (Lipinski definition) is 5. The van der Waals surface area contributed by atoms with E-state index >= 15 is 0 Å². The van der Waals surface area contributed by atoms with Crippen molar-refractivity contribution < 1.29 is 4.79 Å². The molecule has 0 atom stereocenters. The molecule has 0 fully saturated rings. The number of nitrogens with zero attached hydrogens (tertiary/aromatic N) is 2. The number of aromatic nitrogens is 1. The molecular formula is C15H20N4OS. The lowest BCUT2D eigenvalue weighted by molar-refractivity contribution is 0.0827. The second-order valence-corrected chi connectivity index (χ2v) is 6.00. The fraction of sp³-hybridized carbons (Fsp3) is 0.333. The predicted molar refractivity (Wildman–Crippen MR) is 87.9 cm³/mol. The summed E-state index contributed by atoms with van der Waals surface area (Å²) in [7, 11) is 3.47. The molecule has 0 saturated heterocycles. The van der Waals surface area contributed by atoms with Crippen molar-refractivity contribution in [1.82, 2.24) is 9.88 Å². The van der Waals surface area contributed by atoms with Gasteiger partial charge in [-0.3, -0.25) is 4.79 Å². The molecule has 0 aliphatic rings. The molecule has 0 spiro atoms. The monoisotopic (exact) mass is 304 g/mol. The average Bonchev–Trinajstić information content (AvgIpc) is 2.85. The topological polar surface area (TPSA) is 71.2 Å². The van der Waals surface area contributed by atoms with Crippen LogP contribution in [0.2, 0.25) is 0 Å². The molecule has 112 valence electrons. The Kier molecular flexibility index (Phi) is 4.80. The van der Waals surface area contributed by atoms with Crippen LogP contribution in [0.1, 0.15) is 21.1 Å². The Morgan fingerprint density at radius 1 is 1.43 bits per heavy atom. The number of nitrogens with one attached hydrogen (secondary N) is 1. The number of nitrogens with two attached hydrogens (primary N) is 1. The van der Waals surface area contributed by atoms with Crippen LogP contribution in [0.4, 0.5) is 11.4 Å². The van der Waals surface area contributed by atoms with Crippen LogP contribution in [-0.4, -0.2) is 36.4 Å².